The Morgan fingerprint density at radius 2 is 0.510 bits per heavy atom. The molecule has 0 amide bonds. The SMILES string of the molecule is CC/C=C\C/C=C\C/C=C\CCCCCCC(O)CN(CCCCSSCCN1CC(C)N(CCSSCCCCN(CC(O)CCCCCC/C=C\C/C=C\C/C=C\CC)CC(O)CCCCCC/C=C\C/C=C\C/C=C\CC)CC1C)CC(O)CCCCCC/C=C\C/C=C\C/C=C\CC. The van der Waals surface area contributed by atoms with Crippen molar-refractivity contribution in [2.75, 3.05) is 88.5 Å². The quantitative estimate of drug-likeness (QED) is 0.0265. The minimum absolute atomic E-state index is 0.340. The molecule has 0 aromatic rings. The molecular weight excluding hydrogens is 1330 g/mol. The summed E-state index contributed by atoms with van der Waals surface area (Å²) in [6.07, 6.45) is 96.7. The predicted molar refractivity (Wildman–Crippen MR) is 466 cm³/mol. The maximum Gasteiger partial charge on any atom is 0.0667 e. The Bertz CT molecular complexity index is 1890. The molecule has 1 aliphatic rings. The minimum atomic E-state index is -0.340. The Balaban J connectivity index is 2.50. The van der Waals surface area contributed by atoms with Crippen LogP contribution < -0.4 is 0 Å². The first-order valence-electron chi connectivity index (χ1n) is 42.1. The number of rotatable bonds is 74. The molecule has 1 rings (SSSR count). The van der Waals surface area contributed by atoms with Gasteiger partial charge in [-0.2, -0.15) is 0 Å². The van der Waals surface area contributed by atoms with E-state index in [-0.39, 0.29) is 24.4 Å². The van der Waals surface area contributed by atoms with Crippen molar-refractivity contribution in [3.8, 4) is 0 Å². The molecule has 1 heterocycles. The van der Waals surface area contributed by atoms with Crippen LogP contribution in [-0.2, 0) is 0 Å². The smallest absolute Gasteiger partial charge is 0.0667 e. The normalized spacial score (nSPS) is 16.9. The lowest BCUT2D eigenvalue weighted by molar-refractivity contribution is 0.0516. The highest BCUT2D eigenvalue weighted by molar-refractivity contribution is 8.77. The van der Waals surface area contributed by atoms with E-state index >= 15 is 0 Å². The summed E-state index contributed by atoms with van der Waals surface area (Å²) in [5.41, 5.74) is 0. The number of aliphatic hydroxyl groups is 4. The van der Waals surface area contributed by atoms with Gasteiger partial charge in [-0.15, -0.1) is 0 Å². The lowest BCUT2D eigenvalue weighted by Crippen LogP contribution is -2.57. The van der Waals surface area contributed by atoms with E-state index in [0.717, 1.165) is 242 Å². The van der Waals surface area contributed by atoms with Crippen molar-refractivity contribution in [3.63, 3.8) is 0 Å². The van der Waals surface area contributed by atoms with Gasteiger partial charge in [-0.1, -0.05) is 294 Å². The van der Waals surface area contributed by atoms with Crippen LogP contribution in [0.15, 0.2) is 146 Å². The van der Waals surface area contributed by atoms with Gasteiger partial charge in [0.1, 0.15) is 0 Å². The van der Waals surface area contributed by atoms with Crippen LogP contribution in [0.5, 0.6) is 0 Å². The van der Waals surface area contributed by atoms with Crippen molar-refractivity contribution in [2.24, 2.45) is 0 Å². The number of piperazine rings is 1. The van der Waals surface area contributed by atoms with Crippen molar-refractivity contribution >= 4 is 43.2 Å². The number of aliphatic hydroxyl groups excluding tert-OH is 4. The van der Waals surface area contributed by atoms with E-state index in [4.69, 9.17) is 0 Å². The van der Waals surface area contributed by atoms with Crippen LogP contribution in [0.3, 0.4) is 0 Å². The second-order valence-corrected chi connectivity index (χ2v) is 34.1. The monoisotopic (exact) mass is 1490 g/mol. The van der Waals surface area contributed by atoms with Crippen molar-refractivity contribution in [3.05, 3.63) is 146 Å². The Kier molecular flexibility index (Phi) is 75.4. The topological polar surface area (TPSA) is 93.9 Å². The van der Waals surface area contributed by atoms with Crippen LogP contribution in [0.4, 0.5) is 0 Å². The number of nitrogens with zero attached hydrogens (tertiary/aromatic N) is 4. The van der Waals surface area contributed by atoms with Gasteiger partial charge in [-0.25, -0.2) is 0 Å². The van der Waals surface area contributed by atoms with Gasteiger partial charge in [-0.3, -0.25) is 19.6 Å². The molecule has 102 heavy (non-hydrogen) atoms. The average molecular weight is 1490 g/mol. The van der Waals surface area contributed by atoms with Gasteiger partial charge < -0.3 is 20.4 Å². The summed E-state index contributed by atoms with van der Waals surface area (Å²) in [6, 6.07) is 1.13. The van der Waals surface area contributed by atoms with Crippen molar-refractivity contribution in [1.29, 1.82) is 0 Å². The van der Waals surface area contributed by atoms with Crippen molar-refractivity contribution < 1.29 is 20.4 Å². The lowest BCUT2D eigenvalue weighted by Gasteiger charge is -2.44. The minimum Gasteiger partial charge on any atom is -0.392 e. The first kappa shape index (κ1) is 98.0. The standard InChI is InChI=1S/C90H160N4O4S4/c1-7-11-15-19-23-27-31-35-39-43-47-51-55-59-67-87(95)81-91(82-88(96)68-60-56-52-48-44-40-36-32-28-24-20-16-12-8-2)71-63-65-75-99-101-77-73-93-79-86(6)94(80-85(93)5)74-78-102-100-76-66-64-72-92(83-89(97)69-61-57-53-49-45-41-37-33-29-25-21-17-13-9-3)84-90(98)70-62-58-54-50-46-42-38-34-30-26-22-18-14-10-4/h11-18,23-30,35-42,85-90,95-98H,7-10,19-22,31-34,43-84H2,1-6H3/b15-11-,16-12-,17-13-,18-14-,27-23-,28-24-,29-25-,30-26-,39-35-,40-36-,41-37-,42-38-. The summed E-state index contributed by atoms with van der Waals surface area (Å²) in [6.45, 7) is 22.7. The third-order valence-electron chi connectivity index (χ3n) is 18.9. The fourth-order valence-corrected chi connectivity index (χ4v) is 17.1. The number of allylic oxidation sites excluding steroid dienone is 24. The highest BCUT2D eigenvalue weighted by Gasteiger charge is 2.28. The predicted octanol–water partition coefficient (Wildman–Crippen LogP) is 24.5. The van der Waals surface area contributed by atoms with Crippen molar-refractivity contribution in [2.45, 2.75) is 335 Å². The summed E-state index contributed by atoms with van der Waals surface area (Å²) in [7, 11) is 8.13. The first-order valence-corrected chi connectivity index (χ1v) is 47.0. The summed E-state index contributed by atoms with van der Waals surface area (Å²) >= 11 is 0. The van der Waals surface area contributed by atoms with Crippen molar-refractivity contribution in [1.82, 2.24) is 19.6 Å². The number of hydrogen-bond acceptors (Lipinski definition) is 12. The molecule has 0 aromatic heterocycles. The fraction of sp³-hybridized carbons (Fsp3) is 0.733. The summed E-state index contributed by atoms with van der Waals surface area (Å²) < 4.78 is 0. The van der Waals surface area contributed by atoms with Crippen LogP contribution in [0.25, 0.3) is 0 Å². The maximum absolute atomic E-state index is 11.2. The largest absolute Gasteiger partial charge is 0.392 e. The Labute approximate surface area is 647 Å². The van der Waals surface area contributed by atoms with Crippen LogP contribution in [0.2, 0.25) is 0 Å². The summed E-state index contributed by atoms with van der Waals surface area (Å²) in [4.78, 5) is 10.2. The molecule has 4 N–H and O–H groups in total. The second-order valence-electron chi connectivity index (χ2n) is 28.7. The zero-order valence-corrected chi connectivity index (χ0v) is 70.0. The maximum atomic E-state index is 11.2. The third-order valence-corrected chi connectivity index (χ3v) is 23.8. The zero-order valence-electron chi connectivity index (χ0n) is 66.7. The van der Waals surface area contributed by atoms with Crippen LogP contribution in [0.1, 0.15) is 298 Å². The molecule has 1 saturated heterocycles. The molecule has 588 valence electrons. The summed E-state index contributed by atoms with van der Waals surface area (Å²) in [5.74, 6) is 4.59. The zero-order chi connectivity index (χ0) is 73.8. The van der Waals surface area contributed by atoms with E-state index in [1.807, 2.05) is 43.2 Å². The van der Waals surface area contributed by atoms with E-state index in [0.29, 0.717) is 38.3 Å². The molecule has 0 aliphatic carbocycles. The van der Waals surface area contributed by atoms with Crippen LogP contribution in [-0.4, -0.2) is 165 Å². The molecule has 0 radical (unpaired) electrons. The Hall–Kier alpha value is -2.04. The average Bonchev–Trinajstić information content (AvgIpc) is 0.851. The van der Waals surface area contributed by atoms with Crippen LogP contribution in [0, 0.1) is 0 Å². The van der Waals surface area contributed by atoms with Gasteiger partial charge in [0, 0.05) is 87.5 Å². The van der Waals surface area contributed by atoms with Crippen LogP contribution >= 0.6 is 43.2 Å². The third kappa shape index (κ3) is 68.5. The van der Waals surface area contributed by atoms with Gasteiger partial charge in [0.25, 0.3) is 0 Å². The molecule has 6 unspecified atom stereocenters. The highest BCUT2D eigenvalue weighted by atomic mass is 33.1. The highest BCUT2D eigenvalue weighted by Crippen LogP contribution is 2.27. The van der Waals surface area contributed by atoms with Gasteiger partial charge in [0.2, 0.25) is 0 Å². The molecule has 1 fully saturated rings. The Morgan fingerprint density at radius 1 is 0.284 bits per heavy atom. The van der Waals surface area contributed by atoms with Gasteiger partial charge in [0.05, 0.1) is 24.4 Å². The van der Waals surface area contributed by atoms with Gasteiger partial charge in [-0.05, 0) is 207 Å². The van der Waals surface area contributed by atoms with E-state index in [9.17, 15) is 20.4 Å². The lowest BCUT2D eigenvalue weighted by atomic mass is 10.1. The number of unbranched alkanes of at least 4 members (excludes halogenated alkanes) is 18. The van der Waals surface area contributed by atoms with Gasteiger partial charge in [0.15, 0.2) is 0 Å². The molecule has 0 bridgehead atoms. The van der Waals surface area contributed by atoms with E-state index in [1.165, 1.54) is 77.0 Å². The molecule has 6 atom stereocenters. The van der Waals surface area contributed by atoms with Gasteiger partial charge >= 0.3 is 0 Å². The fourth-order valence-electron chi connectivity index (χ4n) is 12.8. The Morgan fingerprint density at radius 3 is 0.765 bits per heavy atom. The van der Waals surface area contributed by atoms with E-state index < -0.39 is 0 Å². The molecule has 8 nitrogen and oxygen atoms in total. The summed E-state index contributed by atoms with van der Waals surface area (Å²) in [5, 5.41) is 45.0. The molecule has 1 aliphatic heterocycles. The van der Waals surface area contributed by atoms with E-state index in [1.54, 1.807) is 0 Å². The number of hydrogen-bond donors (Lipinski definition) is 4. The molecule has 12 heteroatoms. The van der Waals surface area contributed by atoms with E-state index in [2.05, 4.69) is 207 Å². The molecule has 0 aromatic carbocycles. The second kappa shape index (κ2) is 78.5. The first-order chi connectivity index (χ1) is 50.1. The molecule has 0 saturated carbocycles. The molecule has 0 spiro atoms. The molecular formula is C90H160N4O4S4.